The molecule has 6 fully saturated rings. The Balaban J connectivity index is 0.974. The fourth-order valence-electron chi connectivity index (χ4n) is 12.8. The van der Waals surface area contributed by atoms with Gasteiger partial charge >= 0.3 is 7.82 Å². The van der Waals surface area contributed by atoms with Crippen molar-refractivity contribution in [1.29, 1.82) is 0 Å². The number of rotatable bonds is 15. The van der Waals surface area contributed by atoms with E-state index in [1.54, 1.807) is 0 Å². The van der Waals surface area contributed by atoms with E-state index >= 15 is 4.57 Å². The van der Waals surface area contributed by atoms with Crippen LogP contribution in [0.5, 0.6) is 17.2 Å². The molecule has 7 nitrogen and oxygen atoms in total. The second kappa shape index (κ2) is 21.6. The zero-order chi connectivity index (χ0) is 42.0. The Bertz CT molecular complexity index is 1550. The highest BCUT2D eigenvalue weighted by Crippen LogP contribution is 2.51. The van der Waals surface area contributed by atoms with Gasteiger partial charge in [0.1, 0.15) is 17.2 Å². The minimum atomic E-state index is -4.20. The zero-order valence-electron chi connectivity index (χ0n) is 38.0. The normalized spacial score (nSPS) is 22.2. The molecule has 3 aromatic rings. The molecule has 62 heavy (non-hydrogen) atoms. The molecular weight excluding hydrogens is 786 g/mol. The topological polar surface area (TPSA) is 54.5 Å². The van der Waals surface area contributed by atoms with Crippen LogP contribution in [0.2, 0.25) is 0 Å². The van der Waals surface area contributed by atoms with Crippen molar-refractivity contribution in [3.8, 4) is 17.2 Å². The number of phosphoric acid groups is 1. The maximum Gasteiger partial charge on any atom is 0.647 e. The quantitative estimate of drug-likeness (QED) is 0.141. The first-order valence-corrected chi connectivity index (χ1v) is 27.4. The summed E-state index contributed by atoms with van der Waals surface area (Å²) >= 11 is 0. The third-order valence-electron chi connectivity index (χ3n) is 15.9. The highest BCUT2D eigenvalue weighted by Gasteiger charge is 2.36. The monoisotopic (exact) mass is 864 g/mol. The lowest BCUT2D eigenvalue weighted by atomic mass is 9.88. The molecule has 0 unspecified atom stereocenters. The maximum atomic E-state index is 15.2. The fraction of sp³-hybridized carbons (Fsp3) is 0.667. The summed E-state index contributed by atoms with van der Waals surface area (Å²) in [5, 5.41) is 0. The summed E-state index contributed by atoms with van der Waals surface area (Å²) in [5.41, 5.74) is 3.75. The molecule has 0 spiro atoms. The van der Waals surface area contributed by atoms with E-state index in [-0.39, 0.29) is 0 Å². The molecule has 0 saturated heterocycles. The van der Waals surface area contributed by atoms with E-state index in [1.165, 1.54) is 210 Å². The lowest BCUT2D eigenvalue weighted by Crippen LogP contribution is -2.45. The van der Waals surface area contributed by atoms with Crippen LogP contribution < -0.4 is 28.3 Å². The fourth-order valence-corrected chi connectivity index (χ4v) is 14.0. The van der Waals surface area contributed by atoms with E-state index in [1.807, 2.05) is 36.4 Å². The molecule has 0 atom stereocenters. The van der Waals surface area contributed by atoms with Crippen LogP contribution in [0, 0.1) is 0 Å². The molecule has 0 N–H and O–H groups in total. The Morgan fingerprint density at radius 2 is 0.468 bits per heavy atom. The van der Waals surface area contributed by atoms with E-state index < -0.39 is 7.82 Å². The Kier molecular flexibility index (Phi) is 15.3. The Labute approximate surface area is 375 Å². The third kappa shape index (κ3) is 11.1. The van der Waals surface area contributed by atoms with Crippen LogP contribution in [-0.4, -0.2) is 36.3 Å². The van der Waals surface area contributed by atoms with Gasteiger partial charge in [-0.15, -0.1) is 0 Å². The van der Waals surface area contributed by atoms with Crippen molar-refractivity contribution in [3.63, 3.8) is 0 Å². The van der Waals surface area contributed by atoms with Crippen LogP contribution in [0.25, 0.3) is 0 Å². The standard InChI is InChI=1S/C54H78N3O4P/c58-62(59-52-37-31-49(32-38-52)55(43-19-7-1-8-20-43)44-21-9-2-10-22-44,60-53-39-33-50(34-40-53)56(45-23-11-3-12-24-45)46-25-13-4-14-26-46)61-54-41-35-51(36-42-54)57(47-27-15-5-16-28-47)48-29-17-6-18-30-48/h31-48H,1-30H2. The molecule has 0 heterocycles. The van der Waals surface area contributed by atoms with E-state index in [0.717, 1.165) is 0 Å². The molecule has 6 aliphatic carbocycles. The summed E-state index contributed by atoms with van der Waals surface area (Å²) < 4.78 is 34.5. The largest absolute Gasteiger partial charge is 0.647 e. The van der Waals surface area contributed by atoms with Gasteiger partial charge in [0.05, 0.1) is 0 Å². The molecule has 3 aromatic carbocycles. The average molecular weight is 864 g/mol. The molecular formula is C54H78N3O4P. The molecule has 6 saturated carbocycles. The lowest BCUT2D eigenvalue weighted by Gasteiger charge is -2.43. The number of hydrogen-bond acceptors (Lipinski definition) is 7. The van der Waals surface area contributed by atoms with E-state index in [4.69, 9.17) is 13.6 Å². The molecule has 0 amide bonds. The molecule has 0 aromatic heterocycles. The van der Waals surface area contributed by atoms with E-state index in [2.05, 4.69) is 51.1 Å². The predicted octanol–water partition coefficient (Wildman–Crippen LogP) is 15.7. The van der Waals surface area contributed by atoms with E-state index in [0.29, 0.717) is 53.5 Å². The SMILES string of the molecule is O=P(Oc1ccc(N(C2CCCCC2)C2CCCCC2)cc1)(Oc1ccc(N(C2CCCCC2)C2CCCCC2)cc1)Oc1ccc(N(C2CCCCC2)C2CCCCC2)cc1. The smallest absolute Gasteiger partial charge is 0.386 e. The van der Waals surface area contributed by atoms with Gasteiger partial charge in [-0.1, -0.05) is 116 Å². The van der Waals surface area contributed by atoms with Crippen LogP contribution >= 0.6 is 7.82 Å². The summed E-state index contributed by atoms with van der Waals surface area (Å²) in [6.07, 6.45) is 39.0. The summed E-state index contributed by atoms with van der Waals surface area (Å²) in [6, 6.07) is 28.5. The van der Waals surface area contributed by atoms with Crippen LogP contribution in [0.1, 0.15) is 193 Å². The minimum absolute atomic E-state index is 0.499. The van der Waals surface area contributed by atoms with Gasteiger partial charge in [-0.3, -0.25) is 0 Å². The van der Waals surface area contributed by atoms with Crippen LogP contribution in [0.15, 0.2) is 72.8 Å². The molecule has 9 rings (SSSR count). The summed E-state index contributed by atoms with van der Waals surface area (Å²) in [5.74, 6) is 1.50. The van der Waals surface area contributed by atoms with Crippen molar-refractivity contribution in [2.75, 3.05) is 14.7 Å². The maximum absolute atomic E-state index is 15.2. The second-order valence-electron chi connectivity index (χ2n) is 20.2. The van der Waals surface area contributed by atoms with Crippen LogP contribution in [0.4, 0.5) is 17.1 Å². The number of benzene rings is 3. The number of hydrogen-bond donors (Lipinski definition) is 0. The van der Waals surface area contributed by atoms with Crippen molar-refractivity contribution in [3.05, 3.63) is 72.8 Å². The Hall–Kier alpha value is -3.31. The van der Waals surface area contributed by atoms with Gasteiger partial charge in [0.25, 0.3) is 0 Å². The van der Waals surface area contributed by atoms with Gasteiger partial charge in [-0.2, -0.15) is 4.57 Å². The van der Waals surface area contributed by atoms with Crippen molar-refractivity contribution in [2.45, 2.75) is 229 Å². The predicted molar refractivity (Wildman–Crippen MR) is 257 cm³/mol. The summed E-state index contributed by atoms with van der Waals surface area (Å²) in [4.78, 5) is 8.23. The molecule has 0 aliphatic heterocycles. The van der Waals surface area contributed by atoms with Crippen molar-refractivity contribution in [1.82, 2.24) is 0 Å². The van der Waals surface area contributed by atoms with Crippen molar-refractivity contribution >= 4 is 24.9 Å². The second-order valence-corrected chi connectivity index (χ2v) is 21.6. The van der Waals surface area contributed by atoms with E-state index in [9.17, 15) is 0 Å². The summed E-state index contributed by atoms with van der Waals surface area (Å²) in [7, 11) is -4.20. The van der Waals surface area contributed by atoms with Gasteiger partial charge in [0, 0.05) is 53.3 Å². The highest BCUT2D eigenvalue weighted by atomic mass is 31.2. The number of nitrogens with zero attached hydrogens (tertiary/aromatic N) is 3. The lowest BCUT2D eigenvalue weighted by molar-refractivity contribution is 0.298. The Morgan fingerprint density at radius 1 is 0.290 bits per heavy atom. The van der Waals surface area contributed by atoms with Crippen LogP contribution in [-0.2, 0) is 4.57 Å². The number of phosphoric ester groups is 1. The Morgan fingerprint density at radius 3 is 0.645 bits per heavy atom. The van der Waals surface area contributed by atoms with Gasteiger partial charge in [0.15, 0.2) is 0 Å². The molecule has 8 heteroatoms. The van der Waals surface area contributed by atoms with Crippen molar-refractivity contribution < 1.29 is 18.1 Å². The van der Waals surface area contributed by atoms with Crippen molar-refractivity contribution in [2.24, 2.45) is 0 Å². The first kappa shape index (κ1) is 43.9. The minimum Gasteiger partial charge on any atom is -0.386 e. The van der Waals surface area contributed by atoms with Crippen LogP contribution in [0.3, 0.4) is 0 Å². The highest BCUT2D eigenvalue weighted by molar-refractivity contribution is 7.49. The summed E-state index contributed by atoms with van der Waals surface area (Å²) in [6.45, 7) is 0. The third-order valence-corrected chi connectivity index (χ3v) is 17.2. The first-order chi connectivity index (χ1) is 30.6. The first-order valence-electron chi connectivity index (χ1n) is 25.9. The molecule has 0 bridgehead atoms. The zero-order valence-corrected chi connectivity index (χ0v) is 38.9. The van der Waals surface area contributed by atoms with Gasteiger partial charge in [0.2, 0.25) is 0 Å². The average Bonchev–Trinajstić information content (AvgIpc) is 3.33. The number of anilines is 3. The molecule has 338 valence electrons. The van der Waals surface area contributed by atoms with Gasteiger partial charge in [-0.25, -0.2) is 0 Å². The van der Waals surface area contributed by atoms with Gasteiger partial charge in [-0.05, 0) is 150 Å². The van der Waals surface area contributed by atoms with Gasteiger partial charge < -0.3 is 28.3 Å². The molecule has 0 radical (unpaired) electrons. The molecule has 6 aliphatic rings.